The first-order chi connectivity index (χ1) is 11.8. The van der Waals surface area contributed by atoms with Gasteiger partial charge in [0.2, 0.25) is 5.91 Å². The molecule has 4 aromatic rings. The van der Waals surface area contributed by atoms with Crippen LogP contribution in [0.1, 0.15) is 15.9 Å². The van der Waals surface area contributed by atoms with Crippen molar-refractivity contribution in [3.8, 4) is 0 Å². The summed E-state index contributed by atoms with van der Waals surface area (Å²) in [6, 6.07) is 16.9. The highest BCUT2D eigenvalue weighted by atomic mass is 19.4. The Hall–Kier alpha value is -3.08. The SMILES string of the molecule is NC(=O)c1cc(C(F)(F)F)cc2cc3cc4ccccc4cc3cc12. The quantitative estimate of drug-likeness (QED) is 0.472. The van der Waals surface area contributed by atoms with Gasteiger partial charge in [-0.05, 0) is 68.7 Å². The molecule has 0 aliphatic rings. The number of hydrogen-bond donors (Lipinski definition) is 1. The second-order valence-electron chi connectivity index (χ2n) is 6.01. The molecule has 0 heterocycles. The van der Waals surface area contributed by atoms with Crippen LogP contribution in [-0.4, -0.2) is 5.91 Å². The molecule has 0 saturated carbocycles. The van der Waals surface area contributed by atoms with Gasteiger partial charge < -0.3 is 5.73 Å². The predicted octanol–water partition coefficient (Wildman–Crippen LogP) is 5.26. The molecule has 0 aliphatic heterocycles. The number of alkyl halides is 3. The third-order valence-electron chi connectivity index (χ3n) is 4.37. The van der Waals surface area contributed by atoms with Gasteiger partial charge in [0.1, 0.15) is 0 Å². The summed E-state index contributed by atoms with van der Waals surface area (Å²) in [5, 5.41) is 4.42. The first-order valence-electron chi connectivity index (χ1n) is 7.60. The monoisotopic (exact) mass is 339 g/mol. The number of nitrogens with two attached hydrogens (primary N) is 1. The molecule has 4 aromatic carbocycles. The van der Waals surface area contributed by atoms with Crippen LogP contribution in [0.25, 0.3) is 32.3 Å². The summed E-state index contributed by atoms with van der Waals surface area (Å²) in [4.78, 5) is 11.7. The van der Waals surface area contributed by atoms with Gasteiger partial charge in [-0.3, -0.25) is 4.79 Å². The van der Waals surface area contributed by atoms with E-state index < -0.39 is 17.6 Å². The molecular weight excluding hydrogens is 327 g/mol. The molecule has 25 heavy (non-hydrogen) atoms. The van der Waals surface area contributed by atoms with Crippen molar-refractivity contribution in [2.45, 2.75) is 6.18 Å². The van der Waals surface area contributed by atoms with E-state index >= 15 is 0 Å². The topological polar surface area (TPSA) is 43.1 Å². The van der Waals surface area contributed by atoms with Crippen molar-refractivity contribution in [2.75, 3.05) is 0 Å². The van der Waals surface area contributed by atoms with Gasteiger partial charge in [-0.15, -0.1) is 0 Å². The van der Waals surface area contributed by atoms with E-state index in [1.54, 1.807) is 12.1 Å². The first-order valence-corrected chi connectivity index (χ1v) is 7.60. The van der Waals surface area contributed by atoms with Gasteiger partial charge in [0.15, 0.2) is 0 Å². The molecule has 5 heteroatoms. The van der Waals surface area contributed by atoms with Crippen LogP contribution in [0.4, 0.5) is 13.2 Å². The van der Waals surface area contributed by atoms with Crippen LogP contribution in [0.5, 0.6) is 0 Å². The number of fused-ring (bicyclic) bond motifs is 3. The summed E-state index contributed by atoms with van der Waals surface area (Å²) in [7, 11) is 0. The van der Waals surface area contributed by atoms with Crippen LogP contribution < -0.4 is 5.73 Å². The van der Waals surface area contributed by atoms with Crippen LogP contribution in [0.15, 0.2) is 60.7 Å². The summed E-state index contributed by atoms with van der Waals surface area (Å²) >= 11 is 0. The molecule has 0 radical (unpaired) electrons. The molecule has 0 aliphatic carbocycles. The summed E-state index contributed by atoms with van der Waals surface area (Å²) in [5.74, 6) is -0.878. The second kappa shape index (κ2) is 5.21. The second-order valence-corrected chi connectivity index (χ2v) is 6.01. The number of hydrogen-bond acceptors (Lipinski definition) is 1. The van der Waals surface area contributed by atoms with Crippen molar-refractivity contribution in [3.63, 3.8) is 0 Å². The van der Waals surface area contributed by atoms with Crippen molar-refractivity contribution in [2.24, 2.45) is 5.73 Å². The van der Waals surface area contributed by atoms with Gasteiger partial charge in [-0.1, -0.05) is 24.3 Å². The van der Waals surface area contributed by atoms with Crippen molar-refractivity contribution in [1.29, 1.82) is 0 Å². The molecule has 0 spiro atoms. The lowest BCUT2D eigenvalue weighted by molar-refractivity contribution is -0.137. The Kier molecular flexibility index (Phi) is 3.22. The van der Waals surface area contributed by atoms with E-state index in [-0.39, 0.29) is 5.56 Å². The lowest BCUT2D eigenvalue weighted by Gasteiger charge is -2.12. The Morgan fingerprint density at radius 1 is 0.760 bits per heavy atom. The van der Waals surface area contributed by atoms with E-state index in [4.69, 9.17) is 5.73 Å². The summed E-state index contributed by atoms with van der Waals surface area (Å²) in [6.45, 7) is 0. The number of amides is 1. The molecule has 0 aromatic heterocycles. The number of primary amides is 1. The maximum atomic E-state index is 13.1. The molecule has 2 nitrogen and oxygen atoms in total. The number of rotatable bonds is 1. The normalized spacial score (nSPS) is 12.1. The minimum absolute atomic E-state index is 0.125. The Balaban J connectivity index is 2.12. The van der Waals surface area contributed by atoms with Crippen molar-refractivity contribution in [1.82, 2.24) is 0 Å². The Labute approximate surface area is 140 Å². The van der Waals surface area contributed by atoms with E-state index in [0.29, 0.717) is 10.8 Å². The molecule has 124 valence electrons. The van der Waals surface area contributed by atoms with Crippen LogP contribution >= 0.6 is 0 Å². The lowest BCUT2D eigenvalue weighted by atomic mass is 9.95. The minimum atomic E-state index is -4.54. The van der Waals surface area contributed by atoms with Gasteiger partial charge in [-0.2, -0.15) is 13.2 Å². The molecule has 0 saturated heterocycles. The Morgan fingerprint density at radius 3 is 1.88 bits per heavy atom. The lowest BCUT2D eigenvalue weighted by Crippen LogP contribution is -2.14. The fraction of sp³-hybridized carbons (Fsp3) is 0.0500. The zero-order chi connectivity index (χ0) is 17.8. The predicted molar refractivity (Wildman–Crippen MR) is 92.5 cm³/mol. The number of halogens is 3. The summed E-state index contributed by atoms with van der Waals surface area (Å²) in [5.41, 5.74) is 4.31. The fourth-order valence-electron chi connectivity index (χ4n) is 3.17. The van der Waals surface area contributed by atoms with E-state index in [1.165, 1.54) is 0 Å². The maximum absolute atomic E-state index is 13.1. The zero-order valence-electron chi connectivity index (χ0n) is 12.9. The first kappa shape index (κ1) is 15.4. The highest BCUT2D eigenvalue weighted by molar-refractivity contribution is 6.12. The number of carbonyl (C=O) groups excluding carboxylic acids is 1. The highest BCUT2D eigenvalue weighted by Gasteiger charge is 2.32. The molecule has 2 N–H and O–H groups in total. The molecule has 0 fully saturated rings. The van der Waals surface area contributed by atoms with Crippen LogP contribution in [0.3, 0.4) is 0 Å². The number of benzene rings is 4. The fourth-order valence-corrected chi connectivity index (χ4v) is 3.17. The highest BCUT2D eigenvalue weighted by Crippen LogP contribution is 2.35. The Morgan fingerprint density at radius 2 is 1.32 bits per heavy atom. The smallest absolute Gasteiger partial charge is 0.366 e. The van der Waals surface area contributed by atoms with Gasteiger partial charge in [0.25, 0.3) is 0 Å². The zero-order valence-corrected chi connectivity index (χ0v) is 12.9. The van der Waals surface area contributed by atoms with Gasteiger partial charge in [-0.25, -0.2) is 0 Å². The van der Waals surface area contributed by atoms with E-state index in [2.05, 4.69) is 0 Å². The standard InChI is InChI=1S/C20H12F3NO/c21-20(22,23)16-8-15-7-13-5-11-3-1-2-4-12(11)6-14(13)9-17(15)18(10-16)19(24)25/h1-10H,(H2,24,25). The largest absolute Gasteiger partial charge is 0.416 e. The summed E-state index contributed by atoms with van der Waals surface area (Å²) in [6.07, 6.45) is -4.54. The van der Waals surface area contributed by atoms with Crippen LogP contribution in [0, 0.1) is 0 Å². The molecular formula is C20H12F3NO. The molecule has 1 amide bonds. The van der Waals surface area contributed by atoms with Crippen molar-refractivity contribution in [3.05, 3.63) is 71.8 Å². The van der Waals surface area contributed by atoms with E-state index in [0.717, 1.165) is 33.7 Å². The minimum Gasteiger partial charge on any atom is -0.366 e. The molecule has 0 bridgehead atoms. The van der Waals surface area contributed by atoms with Gasteiger partial charge >= 0.3 is 6.18 Å². The van der Waals surface area contributed by atoms with Crippen molar-refractivity contribution < 1.29 is 18.0 Å². The third-order valence-corrected chi connectivity index (χ3v) is 4.37. The van der Waals surface area contributed by atoms with Gasteiger partial charge in [0.05, 0.1) is 5.56 Å². The average Bonchev–Trinajstić information content (AvgIpc) is 2.56. The van der Waals surface area contributed by atoms with Crippen molar-refractivity contribution >= 4 is 38.2 Å². The van der Waals surface area contributed by atoms with Crippen LogP contribution in [0.2, 0.25) is 0 Å². The Bertz CT molecular complexity index is 1160. The van der Waals surface area contributed by atoms with Gasteiger partial charge in [0, 0.05) is 5.56 Å². The summed E-state index contributed by atoms with van der Waals surface area (Å²) < 4.78 is 39.4. The van der Waals surface area contributed by atoms with Crippen LogP contribution in [-0.2, 0) is 6.18 Å². The molecule has 0 unspecified atom stereocenters. The van der Waals surface area contributed by atoms with E-state index in [9.17, 15) is 18.0 Å². The van der Waals surface area contributed by atoms with E-state index in [1.807, 2.05) is 36.4 Å². The molecule has 0 atom stereocenters. The average molecular weight is 339 g/mol. The number of carbonyl (C=O) groups is 1. The third kappa shape index (κ3) is 2.58. The molecule has 4 rings (SSSR count). The maximum Gasteiger partial charge on any atom is 0.416 e.